The number of carbonyl (C=O) groups is 2. The van der Waals surface area contributed by atoms with E-state index in [9.17, 15) is 14.4 Å². The molecule has 0 aliphatic rings. The summed E-state index contributed by atoms with van der Waals surface area (Å²) in [4.78, 5) is 38.0. The van der Waals surface area contributed by atoms with E-state index in [2.05, 4.69) is 10.1 Å². The molecule has 0 saturated carbocycles. The quantitative estimate of drug-likeness (QED) is 0.625. The van der Waals surface area contributed by atoms with Crippen molar-refractivity contribution in [2.75, 3.05) is 33.8 Å². The number of benzene rings is 2. The number of hydrogen-bond donors (Lipinski definition) is 1. The maximum atomic E-state index is 13.2. The number of pyridine rings is 1. The first-order chi connectivity index (χ1) is 14.9. The van der Waals surface area contributed by atoms with E-state index in [1.807, 2.05) is 0 Å². The van der Waals surface area contributed by atoms with Gasteiger partial charge in [-0.25, -0.2) is 9.59 Å². The average molecular weight is 426 g/mol. The minimum atomic E-state index is -0.690. The van der Waals surface area contributed by atoms with Crippen molar-refractivity contribution in [3.63, 3.8) is 0 Å². The summed E-state index contributed by atoms with van der Waals surface area (Å²) in [6.45, 7) is 0. The molecular formula is C22H22N2O7. The highest BCUT2D eigenvalue weighted by molar-refractivity contribution is 6.11. The molecule has 2 aromatic carbocycles. The highest BCUT2D eigenvalue weighted by atomic mass is 16.5. The van der Waals surface area contributed by atoms with Crippen LogP contribution in [0.3, 0.4) is 0 Å². The normalized spacial score (nSPS) is 10.5. The van der Waals surface area contributed by atoms with Crippen LogP contribution in [0.2, 0.25) is 0 Å². The number of rotatable bonds is 5. The summed E-state index contributed by atoms with van der Waals surface area (Å²) in [6, 6.07) is 9.82. The van der Waals surface area contributed by atoms with Crippen LogP contribution < -0.4 is 20.3 Å². The first-order valence-corrected chi connectivity index (χ1v) is 9.19. The number of anilines is 1. The van der Waals surface area contributed by atoms with Gasteiger partial charge < -0.3 is 23.5 Å². The van der Waals surface area contributed by atoms with E-state index in [1.165, 1.54) is 46.1 Å². The Morgan fingerprint density at radius 1 is 0.903 bits per heavy atom. The summed E-state index contributed by atoms with van der Waals surface area (Å²) >= 11 is 0. The Morgan fingerprint density at radius 2 is 1.52 bits per heavy atom. The second-order valence-corrected chi connectivity index (χ2v) is 6.49. The van der Waals surface area contributed by atoms with Gasteiger partial charge in [0.25, 0.3) is 5.56 Å². The molecule has 9 nitrogen and oxygen atoms in total. The van der Waals surface area contributed by atoms with E-state index < -0.39 is 12.1 Å². The van der Waals surface area contributed by atoms with Crippen molar-refractivity contribution >= 4 is 28.5 Å². The summed E-state index contributed by atoms with van der Waals surface area (Å²) < 4.78 is 21.7. The van der Waals surface area contributed by atoms with Gasteiger partial charge in [0.1, 0.15) is 0 Å². The lowest BCUT2D eigenvalue weighted by atomic mass is 9.97. The maximum absolute atomic E-state index is 13.2. The fraction of sp³-hybridized carbons (Fsp3) is 0.227. The molecule has 1 heterocycles. The standard InChI is InChI=1S/C22H22N2O7/c1-24-19(12-8-6-7-9-15(12)23-22(27)31-5)18(21(26)30-4)13-10-16(28-2)17(29-3)11-14(13)20(24)25/h6-11H,1-5H3,(H,23,27). The van der Waals surface area contributed by atoms with Crippen molar-refractivity contribution in [1.29, 1.82) is 0 Å². The van der Waals surface area contributed by atoms with Crippen LogP contribution in [0.1, 0.15) is 10.4 Å². The Balaban J connectivity index is 2.48. The lowest BCUT2D eigenvalue weighted by Crippen LogP contribution is -2.24. The Morgan fingerprint density at radius 3 is 2.10 bits per heavy atom. The van der Waals surface area contributed by atoms with Crippen LogP contribution in [0, 0.1) is 0 Å². The summed E-state index contributed by atoms with van der Waals surface area (Å²) in [7, 11) is 6.94. The molecule has 3 rings (SSSR count). The molecule has 0 spiro atoms. The number of hydrogen-bond acceptors (Lipinski definition) is 7. The zero-order valence-electron chi connectivity index (χ0n) is 17.8. The molecule has 0 aliphatic heterocycles. The van der Waals surface area contributed by atoms with Gasteiger partial charge in [-0.1, -0.05) is 18.2 Å². The number of methoxy groups -OCH3 is 4. The molecule has 9 heteroatoms. The third-order valence-electron chi connectivity index (χ3n) is 4.89. The number of carbonyl (C=O) groups excluding carboxylic acids is 2. The van der Waals surface area contributed by atoms with Crippen LogP contribution in [0.25, 0.3) is 22.0 Å². The number of fused-ring (bicyclic) bond motifs is 1. The molecule has 1 amide bonds. The number of aromatic nitrogens is 1. The van der Waals surface area contributed by atoms with E-state index in [0.717, 1.165) is 0 Å². The van der Waals surface area contributed by atoms with Gasteiger partial charge in [0, 0.05) is 18.0 Å². The Labute approximate surface area is 178 Å². The van der Waals surface area contributed by atoms with Crippen LogP contribution >= 0.6 is 0 Å². The van der Waals surface area contributed by atoms with Gasteiger partial charge in [-0.05, 0) is 18.2 Å². The van der Waals surface area contributed by atoms with Gasteiger partial charge in [0.05, 0.1) is 50.8 Å². The second-order valence-electron chi connectivity index (χ2n) is 6.49. The maximum Gasteiger partial charge on any atom is 0.411 e. The van der Waals surface area contributed by atoms with Gasteiger partial charge >= 0.3 is 12.1 Å². The Hall–Kier alpha value is -4.01. The molecule has 0 unspecified atom stereocenters. The minimum Gasteiger partial charge on any atom is -0.493 e. The highest BCUT2D eigenvalue weighted by Gasteiger charge is 2.26. The van der Waals surface area contributed by atoms with Crippen molar-refractivity contribution in [3.8, 4) is 22.8 Å². The van der Waals surface area contributed by atoms with Crippen molar-refractivity contribution in [2.24, 2.45) is 7.05 Å². The molecule has 0 aliphatic carbocycles. The third-order valence-corrected chi connectivity index (χ3v) is 4.89. The Bertz CT molecular complexity index is 1230. The van der Waals surface area contributed by atoms with Crippen LogP contribution in [-0.4, -0.2) is 45.1 Å². The summed E-state index contributed by atoms with van der Waals surface area (Å²) in [6.07, 6.45) is -0.690. The van der Waals surface area contributed by atoms with Crippen molar-refractivity contribution in [2.45, 2.75) is 0 Å². The van der Waals surface area contributed by atoms with Gasteiger partial charge in [0.2, 0.25) is 0 Å². The van der Waals surface area contributed by atoms with E-state index in [1.54, 1.807) is 30.3 Å². The van der Waals surface area contributed by atoms with Gasteiger partial charge in [-0.3, -0.25) is 10.1 Å². The smallest absolute Gasteiger partial charge is 0.411 e. The fourth-order valence-corrected chi connectivity index (χ4v) is 3.42. The number of nitrogens with one attached hydrogen (secondary N) is 1. The lowest BCUT2D eigenvalue weighted by molar-refractivity contribution is 0.0603. The molecule has 1 aromatic heterocycles. The summed E-state index contributed by atoms with van der Waals surface area (Å²) in [5, 5.41) is 3.19. The molecule has 162 valence electrons. The molecular weight excluding hydrogens is 404 g/mol. The topological polar surface area (TPSA) is 105 Å². The van der Waals surface area contributed by atoms with Gasteiger partial charge in [-0.15, -0.1) is 0 Å². The number of para-hydroxylation sites is 1. The second kappa shape index (κ2) is 8.78. The first kappa shape index (κ1) is 21.7. The van der Waals surface area contributed by atoms with Crippen molar-refractivity contribution < 1.29 is 28.5 Å². The van der Waals surface area contributed by atoms with Gasteiger partial charge in [0.15, 0.2) is 11.5 Å². The highest BCUT2D eigenvalue weighted by Crippen LogP contribution is 2.37. The molecule has 1 N–H and O–H groups in total. The first-order valence-electron chi connectivity index (χ1n) is 9.19. The van der Waals surface area contributed by atoms with Crippen molar-refractivity contribution in [1.82, 2.24) is 4.57 Å². The molecule has 3 aromatic rings. The minimum absolute atomic E-state index is 0.139. The number of ether oxygens (including phenoxy) is 4. The summed E-state index contributed by atoms with van der Waals surface area (Å²) in [5.41, 5.74) is 0.827. The predicted octanol–water partition coefficient (Wildman–Crippen LogP) is 3.19. The number of esters is 1. The molecule has 0 bridgehead atoms. The van der Waals surface area contributed by atoms with E-state index in [4.69, 9.17) is 14.2 Å². The Kier molecular flexibility index (Phi) is 6.15. The number of amides is 1. The predicted molar refractivity (Wildman–Crippen MR) is 115 cm³/mol. The van der Waals surface area contributed by atoms with E-state index >= 15 is 0 Å². The molecule has 0 saturated heterocycles. The van der Waals surface area contributed by atoms with Crippen molar-refractivity contribution in [3.05, 3.63) is 52.3 Å². The van der Waals surface area contributed by atoms with Crippen LogP contribution in [-0.2, 0) is 16.5 Å². The number of nitrogens with zero attached hydrogens (tertiary/aromatic N) is 1. The largest absolute Gasteiger partial charge is 0.493 e. The van der Waals surface area contributed by atoms with Crippen LogP contribution in [0.15, 0.2) is 41.2 Å². The molecule has 0 atom stereocenters. The SMILES string of the molecule is COC(=O)Nc1ccccc1-c1c(C(=O)OC)c2cc(OC)c(OC)cc2c(=O)n1C. The molecule has 0 radical (unpaired) electrons. The molecule has 31 heavy (non-hydrogen) atoms. The molecule has 0 fully saturated rings. The monoisotopic (exact) mass is 426 g/mol. The summed E-state index contributed by atoms with van der Waals surface area (Å²) in [5.74, 6) is 0.0411. The lowest BCUT2D eigenvalue weighted by Gasteiger charge is -2.19. The average Bonchev–Trinajstić information content (AvgIpc) is 2.80. The fourth-order valence-electron chi connectivity index (χ4n) is 3.42. The van der Waals surface area contributed by atoms with Gasteiger partial charge in [-0.2, -0.15) is 0 Å². The van der Waals surface area contributed by atoms with Crippen LogP contribution in [0.5, 0.6) is 11.5 Å². The van der Waals surface area contributed by atoms with E-state index in [0.29, 0.717) is 28.1 Å². The zero-order valence-corrected chi connectivity index (χ0v) is 17.8. The van der Waals surface area contributed by atoms with E-state index in [-0.39, 0.29) is 22.2 Å². The van der Waals surface area contributed by atoms with Crippen LogP contribution in [0.4, 0.5) is 10.5 Å². The zero-order chi connectivity index (χ0) is 22.7. The third kappa shape index (κ3) is 3.77.